The fourth-order valence-corrected chi connectivity index (χ4v) is 3.50. The molecule has 2 aliphatic carbocycles. The number of hydrogen-bond acceptors (Lipinski definition) is 6. The molecule has 0 spiro atoms. The largest absolute Gasteiger partial charge is 0.347 e. The first-order valence-corrected chi connectivity index (χ1v) is 9.19. The molecule has 0 bridgehead atoms. The summed E-state index contributed by atoms with van der Waals surface area (Å²) in [7, 11) is 0. The van der Waals surface area contributed by atoms with E-state index in [9.17, 15) is 4.79 Å². The summed E-state index contributed by atoms with van der Waals surface area (Å²) in [4.78, 5) is 20.9. The Hall–Kier alpha value is -1.76. The lowest BCUT2D eigenvalue weighted by Gasteiger charge is -2.15. The highest BCUT2D eigenvalue weighted by Crippen LogP contribution is 2.41. The first kappa shape index (κ1) is 14.8. The van der Waals surface area contributed by atoms with Crippen molar-refractivity contribution in [3.05, 3.63) is 28.3 Å². The molecule has 4 rings (SSSR count). The minimum atomic E-state index is 0.0824. The molecule has 6 nitrogen and oxygen atoms in total. The van der Waals surface area contributed by atoms with Crippen molar-refractivity contribution in [1.29, 1.82) is 0 Å². The average Bonchev–Trinajstić information content (AvgIpc) is 3.47. The minimum absolute atomic E-state index is 0.0824. The monoisotopic (exact) mass is 332 g/mol. The van der Waals surface area contributed by atoms with Crippen LogP contribution in [0.3, 0.4) is 0 Å². The number of rotatable bonds is 8. The minimum Gasteiger partial charge on any atom is -0.347 e. The van der Waals surface area contributed by atoms with Crippen molar-refractivity contribution >= 4 is 17.2 Å². The Labute approximate surface area is 138 Å². The van der Waals surface area contributed by atoms with Crippen LogP contribution in [-0.2, 0) is 11.2 Å². The van der Waals surface area contributed by atoms with Gasteiger partial charge in [0, 0.05) is 30.3 Å². The van der Waals surface area contributed by atoms with Gasteiger partial charge in [0.2, 0.25) is 11.8 Å². The molecule has 2 saturated carbocycles. The highest BCUT2D eigenvalue weighted by atomic mass is 32.1. The van der Waals surface area contributed by atoms with E-state index in [-0.39, 0.29) is 11.9 Å². The standard InChI is InChI=1S/C16H20N4O2S/c21-12(18-14(10-4-5-10)16-17-8-9-23-16)2-1-3-13-19-15(20-22-13)11-6-7-11/h8-11,14H,1-7H2,(H,18,21)/t14-/m1/s1. The summed E-state index contributed by atoms with van der Waals surface area (Å²) in [6.07, 6.45) is 8.37. The van der Waals surface area contributed by atoms with Crippen molar-refractivity contribution in [2.75, 3.05) is 0 Å². The molecule has 2 heterocycles. The van der Waals surface area contributed by atoms with Gasteiger partial charge in [-0.3, -0.25) is 4.79 Å². The smallest absolute Gasteiger partial charge is 0.226 e. The normalized spacial score (nSPS) is 18.8. The Morgan fingerprint density at radius 3 is 2.96 bits per heavy atom. The van der Waals surface area contributed by atoms with Gasteiger partial charge in [0.25, 0.3) is 0 Å². The second kappa shape index (κ2) is 6.39. The van der Waals surface area contributed by atoms with E-state index in [1.165, 1.54) is 25.7 Å². The molecule has 0 aromatic carbocycles. The maximum atomic E-state index is 12.2. The summed E-state index contributed by atoms with van der Waals surface area (Å²) in [5.74, 6) is 2.63. The molecule has 0 radical (unpaired) electrons. The summed E-state index contributed by atoms with van der Waals surface area (Å²) in [5, 5.41) is 10.1. The van der Waals surface area contributed by atoms with Gasteiger partial charge in [0.15, 0.2) is 5.82 Å². The third kappa shape index (κ3) is 3.77. The van der Waals surface area contributed by atoms with Gasteiger partial charge in [-0.25, -0.2) is 4.98 Å². The van der Waals surface area contributed by atoms with E-state index in [4.69, 9.17) is 4.52 Å². The van der Waals surface area contributed by atoms with Crippen molar-refractivity contribution < 1.29 is 9.32 Å². The predicted molar refractivity (Wildman–Crippen MR) is 84.9 cm³/mol. The lowest BCUT2D eigenvalue weighted by molar-refractivity contribution is -0.122. The van der Waals surface area contributed by atoms with Crippen LogP contribution >= 0.6 is 11.3 Å². The maximum Gasteiger partial charge on any atom is 0.226 e. The number of amides is 1. The second-order valence-corrected chi connectivity index (χ2v) is 7.35. The van der Waals surface area contributed by atoms with Gasteiger partial charge < -0.3 is 9.84 Å². The number of carbonyl (C=O) groups excluding carboxylic acids is 1. The van der Waals surface area contributed by atoms with Crippen LogP contribution in [0.25, 0.3) is 0 Å². The zero-order chi connectivity index (χ0) is 15.6. The fourth-order valence-electron chi connectivity index (χ4n) is 2.72. The molecule has 2 aliphatic rings. The van der Waals surface area contributed by atoms with Crippen LogP contribution in [0, 0.1) is 5.92 Å². The second-order valence-electron chi connectivity index (χ2n) is 6.43. The lowest BCUT2D eigenvalue weighted by atomic mass is 10.1. The molecule has 1 atom stereocenters. The maximum absolute atomic E-state index is 12.2. The van der Waals surface area contributed by atoms with Crippen molar-refractivity contribution in [2.24, 2.45) is 5.92 Å². The quantitative estimate of drug-likeness (QED) is 0.803. The zero-order valence-electron chi connectivity index (χ0n) is 12.9. The molecule has 0 saturated heterocycles. The predicted octanol–water partition coefficient (Wildman–Crippen LogP) is 2.99. The van der Waals surface area contributed by atoms with Crippen LogP contribution in [0.1, 0.15) is 67.2 Å². The molecule has 23 heavy (non-hydrogen) atoms. The molecule has 0 aliphatic heterocycles. The molecular weight excluding hydrogens is 312 g/mol. The third-order valence-corrected chi connectivity index (χ3v) is 5.21. The van der Waals surface area contributed by atoms with Gasteiger partial charge in [-0.05, 0) is 38.0 Å². The van der Waals surface area contributed by atoms with Gasteiger partial charge in [-0.2, -0.15) is 4.98 Å². The number of nitrogens with zero attached hydrogens (tertiary/aromatic N) is 3. The topological polar surface area (TPSA) is 80.9 Å². The van der Waals surface area contributed by atoms with Gasteiger partial charge in [0.1, 0.15) is 5.01 Å². The Kier molecular flexibility index (Phi) is 4.11. The highest BCUT2D eigenvalue weighted by molar-refractivity contribution is 7.09. The SMILES string of the molecule is O=C(CCCc1nc(C2CC2)no1)N[C@@H](c1nccs1)C1CC1. The summed E-state index contributed by atoms with van der Waals surface area (Å²) in [6, 6.07) is 0.0902. The fraction of sp³-hybridized carbons (Fsp3) is 0.625. The van der Waals surface area contributed by atoms with Crippen molar-refractivity contribution in [3.63, 3.8) is 0 Å². The number of nitrogens with one attached hydrogen (secondary N) is 1. The van der Waals surface area contributed by atoms with Crippen LogP contribution in [0.2, 0.25) is 0 Å². The van der Waals surface area contributed by atoms with E-state index >= 15 is 0 Å². The average molecular weight is 332 g/mol. The van der Waals surface area contributed by atoms with E-state index in [0.717, 1.165) is 17.3 Å². The molecule has 2 fully saturated rings. The Morgan fingerprint density at radius 1 is 1.39 bits per heavy atom. The molecule has 7 heteroatoms. The molecule has 1 amide bonds. The van der Waals surface area contributed by atoms with Crippen LogP contribution in [0.15, 0.2) is 16.1 Å². The third-order valence-electron chi connectivity index (χ3n) is 4.35. The van der Waals surface area contributed by atoms with Crippen LogP contribution in [0.5, 0.6) is 0 Å². The number of carbonyl (C=O) groups is 1. The summed E-state index contributed by atoms with van der Waals surface area (Å²) < 4.78 is 5.23. The molecule has 2 aromatic rings. The van der Waals surface area contributed by atoms with Crippen LogP contribution in [0.4, 0.5) is 0 Å². The number of thiazole rings is 1. The van der Waals surface area contributed by atoms with Gasteiger partial charge in [-0.15, -0.1) is 11.3 Å². The number of hydrogen-bond donors (Lipinski definition) is 1. The van der Waals surface area contributed by atoms with Gasteiger partial charge in [0.05, 0.1) is 6.04 Å². The highest BCUT2D eigenvalue weighted by Gasteiger charge is 2.34. The van der Waals surface area contributed by atoms with Crippen molar-refractivity contribution in [3.8, 4) is 0 Å². The first-order chi connectivity index (χ1) is 11.3. The van der Waals surface area contributed by atoms with E-state index in [0.29, 0.717) is 30.6 Å². The van der Waals surface area contributed by atoms with Crippen molar-refractivity contribution in [2.45, 2.75) is 56.9 Å². The van der Waals surface area contributed by atoms with E-state index in [1.54, 1.807) is 17.5 Å². The Balaban J connectivity index is 1.24. The summed E-state index contributed by atoms with van der Waals surface area (Å²) in [6.45, 7) is 0. The zero-order valence-corrected chi connectivity index (χ0v) is 13.7. The number of aryl methyl sites for hydroxylation is 1. The molecule has 1 N–H and O–H groups in total. The van der Waals surface area contributed by atoms with Crippen LogP contribution in [-0.4, -0.2) is 21.0 Å². The molecular formula is C16H20N4O2S. The molecule has 2 aromatic heterocycles. The van der Waals surface area contributed by atoms with E-state index < -0.39 is 0 Å². The van der Waals surface area contributed by atoms with Gasteiger partial charge >= 0.3 is 0 Å². The Bertz CT molecular complexity index is 661. The summed E-state index contributed by atoms with van der Waals surface area (Å²) >= 11 is 1.61. The molecule has 122 valence electrons. The Morgan fingerprint density at radius 2 is 2.26 bits per heavy atom. The lowest BCUT2D eigenvalue weighted by Crippen LogP contribution is -2.29. The molecule has 0 unspecified atom stereocenters. The van der Waals surface area contributed by atoms with Crippen molar-refractivity contribution in [1.82, 2.24) is 20.4 Å². The van der Waals surface area contributed by atoms with E-state index in [2.05, 4.69) is 20.4 Å². The van der Waals surface area contributed by atoms with Crippen LogP contribution < -0.4 is 5.32 Å². The first-order valence-electron chi connectivity index (χ1n) is 8.31. The van der Waals surface area contributed by atoms with Gasteiger partial charge in [-0.1, -0.05) is 5.16 Å². The summed E-state index contributed by atoms with van der Waals surface area (Å²) in [5.41, 5.74) is 0. The number of aromatic nitrogens is 3. The van der Waals surface area contributed by atoms with E-state index in [1.807, 2.05) is 5.38 Å².